The van der Waals surface area contributed by atoms with E-state index in [0.717, 1.165) is 42.5 Å². The first kappa shape index (κ1) is 22.8. The zero-order valence-electron chi connectivity index (χ0n) is 17.5. The Morgan fingerprint density at radius 1 is 1.10 bits per heavy atom. The Balaban J connectivity index is 1.86. The van der Waals surface area contributed by atoms with E-state index in [1.54, 1.807) is 12.0 Å². The van der Waals surface area contributed by atoms with E-state index in [4.69, 9.17) is 4.74 Å². The molecule has 8 nitrogen and oxygen atoms in total. The quantitative estimate of drug-likeness (QED) is 0.584. The lowest BCUT2D eigenvalue weighted by atomic mass is 10.1. The van der Waals surface area contributed by atoms with E-state index in [9.17, 15) is 14.4 Å². The Morgan fingerprint density at radius 2 is 1.79 bits per heavy atom. The van der Waals surface area contributed by atoms with Gasteiger partial charge < -0.3 is 15.4 Å². The molecule has 0 heterocycles. The molecule has 3 N–H and O–H groups in total. The van der Waals surface area contributed by atoms with Gasteiger partial charge in [-0.3, -0.25) is 19.8 Å². The molecular weight excluding hydrogens is 372 g/mol. The number of benzene rings is 1. The van der Waals surface area contributed by atoms with Gasteiger partial charge in [-0.05, 0) is 43.9 Å². The first-order valence-electron chi connectivity index (χ1n) is 10.1. The van der Waals surface area contributed by atoms with Crippen LogP contribution in [0.2, 0.25) is 0 Å². The molecule has 160 valence electrons. The van der Waals surface area contributed by atoms with E-state index < -0.39 is 11.9 Å². The van der Waals surface area contributed by atoms with Crippen LogP contribution in [0.25, 0.3) is 0 Å². The third-order valence-electron chi connectivity index (χ3n) is 5.17. The molecule has 1 aliphatic carbocycles. The largest absolute Gasteiger partial charge is 0.383 e. The maximum absolute atomic E-state index is 12.5. The van der Waals surface area contributed by atoms with Gasteiger partial charge in [0.05, 0.1) is 19.7 Å². The van der Waals surface area contributed by atoms with E-state index in [-0.39, 0.29) is 25.0 Å². The van der Waals surface area contributed by atoms with Gasteiger partial charge in [-0.15, -0.1) is 0 Å². The molecule has 1 aromatic carbocycles. The highest BCUT2D eigenvalue weighted by atomic mass is 16.5. The van der Waals surface area contributed by atoms with Crippen molar-refractivity contribution in [2.45, 2.75) is 45.6 Å². The number of urea groups is 1. The van der Waals surface area contributed by atoms with Gasteiger partial charge in [-0.2, -0.15) is 0 Å². The monoisotopic (exact) mass is 404 g/mol. The standard InChI is InChI=1S/C21H32N4O4/c1-15-7-6-10-18(16(15)2)23-19(26)13-25(11-12-29-3)14-20(27)24-21(28)22-17-8-4-5-9-17/h6-7,10,17H,4-5,8-9,11-14H2,1-3H3,(H,23,26)(H2,22,24,27,28). The number of aryl methyl sites for hydroxylation is 1. The van der Waals surface area contributed by atoms with Crippen molar-refractivity contribution in [3.63, 3.8) is 0 Å². The Kier molecular flexibility index (Phi) is 9.08. The smallest absolute Gasteiger partial charge is 0.321 e. The summed E-state index contributed by atoms with van der Waals surface area (Å²) in [7, 11) is 1.56. The summed E-state index contributed by atoms with van der Waals surface area (Å²) in [6.07, 6.45) is 4.08. The molecule has 2 rings (SSSR count). The predicted octanol–water partition coefficient (Wildman–Crippen LogP) is 1.96. The molecule has 0 spiro atoms. The van der Waals surface area contributed by atoms with E-state index in [2.05, 4.69) is 16.0 Å². The molecule has 8 heteroatoms. The van der Waals surface area contributed by atoms with Crippen LogP contribution in [-0.4, -0.2) is 62.1 Å². The van der Waals surface area contributed by atoms with Crippen molar-refractivity contribution in [2.75, 3.05) is 38.7 Å². The molecule has 0 bridgehead atoms. The molecular formula is C21H32N4O4. The fourth-order valence-corrected chi connectivity index (χ4v) is 3.37. The van der Waals surface area contributed by atoms with Crippen molar-refractivity contribution in [1.82, 2.24) is 15.5 Å². The molecule has 1 saturated carbocycles. The highest BCUT2D eigenvalue weighted by molar-refractivity contribution is 5.96. The van der Waals surface area contributed by atoms with Crippen molar-refractivity contribution >= 4 is 23.5 Å². The summed E-state index contributed by atoms with van der Waals surface area (Å²) >= 11 is 0. The molecule has 0 atom stereocenters. The molecule has 29 heavy (non-hydrogen) atoms. The zero-order chi connectivity index (χ0) is 21.2. The average Bonchev–Trinajstić information content (AvgIpc) is 3.16. The van der Waals surface area contributed by atoms with Crippen LogP contribution in [0, 0.1) is 13.8 Å². The number of rotatable bonds is 9. The third kappa shape index (κ3) is 7.83. The number of methoxy groups -OCH3 is 1. The molecule has 0 aromatic heterocycles. The van der Waals surface area contributed by atoms with Crippen LogP contribution in [-0.2, 0) is 14.3 Å². The molecule has 0 unspecified atom stereocenters. The number of carbonyl (C=O) groups is 3. The van der Waals surface area contributed by atoms with Gasteiger partial charge in [0.2, 0.25) is 11.8 Å². The zero-order valence-corrected chi connectivity index (χ0v) is 17.5. The second-order valence-corrected chi connectivity index (χ2v) is 7.50. The van der Waals surface area contributed by atoms with Gasteiger partial charge in [0.15, 0.2) is 0 Å². The highest BCUT2D eigenvalue weighted by Gasteiger charge is 2.20. The molecule has 1 fully saturated rings. The second-order valence-electron chi connectivity index (χ2n) is 7.50. The number of imide groups is 1. The minimum Gasteiger partial charge on any atom is -0.383 e. The number of carbonyl (C=O) groups excluding carboxylic acids is 3. The summed E-state index contributed by atoms with van der Waals surface area (Å²) in [5, 5.41) is 8.06. The number of anilines is 1. The van der Waals surface area contributed by atoms with Crippen LogP contribution in [0.4, 0.5) is 10.5 Å². The van der Waals surface area contributed by atoms with Crippen LogP contribution >= 0.6 is 0 Å². The number of ether oxygens (including phenoxy) is 1. The van der Waals surface area contributed by atoms with E-state index in [1.807, 2.05) is 32.0 Å². The van der Waals surface area contributed by atoms with Crippen molar-refractivity contribution < 1.29 is 19.1 Å². The molecule has 4 amide bonds. The summed E-state index contributed by atoms with van der Waals surface area (Å²) in [5.41, 5.74) is 2.85. The lowest BCUT2D eigenvalue weighted by molar-refractivity contribution is -0.122. The Hall–Kier alpha value is -2.45. The molecule has 0 saturated heterocycles. The predicted molar refractivity (Wildman–Crippen MR) is 112 cm³/mol. The summed E-state index contributed by atoms with van der Waals surface area (Å²) in [6.45, 7) is 4.66. The van der Waals surface area contributed by atoms with Crippen LogP contribution in [0.3, 0.4) is 0 Å². The van der Waals surface area contributed by atoms with Gasteiger partial charge in [0.1, 0.15) is 0 Å². The summed E-state index contributed by atoms with van der Waals surface area (Å²) in [6, 6.07) is 5.37. The summed E-state index contributed by atoms with van der Waals surface area (Å²) in [4.78, 5) is 38.4. The normalized spacial score (nSPS) is 14.1. The number of nitrogens with zero attached hydrogens (tertiary/aromatic N) is 1. The molecule has 0 aliphatic heterocycles. The lowest BCUT2D eigenvalue weighted by Crippen LogP contribution is -2.48. The lowest BCUT2D eigenvalue weighted by Gasteiger charge is -2.21. The third-order valence-corrected chi connectivity index (χ3v) is 5.17. The fourth-order valence-electron chi connectivity index (χ4n) is 3.37. The van der Waals surface area contributed by atoms with Crippen LogP contribution in [0.15, 0.2) is 18.2 Å². The van der Waals surface area contributed by atoms with Gasteiger partial charge >= 0.3 is 6.03 Å². The van der Waals surface area contributed by atoms with Gasteiger partial charge in [-0.25, -0.2) is 4.79 Å². The van der Waals surface area contributed by atoms with Crippen molar-refractivity contribution in [3.8, 4) is 0 Å². The van der Waals surface area contributed by atoms with E-state index >= 15 is 0 Å². The van der Waals surface area contributed by atoms with E-state index in [0.29, 0.717) is 13.2 Å². The van der Waals surface area contributed by atoms with Gasteiger partial charge in [0.25, 0.3) is 0 Å². The number of nitrogens with one attached hydrogen (secondary N) is 3. The average molecular weight is 405 g/mol. The number of hydrogen-bond donors (Lipinski definition) is 3. The first-order valence-corrected chi connectivity index (χ1v) is 10.1. The van der Waals surface area contributed by atoms with Crippen molar-refractivity contribution in [2.24, 2.45) is 0 Å². The van der Waals surface area contributed by atoms with E-state index in [1.165, 1.54) is 0 Å². The van der Waals surface area contributed by atoms with Crippen LogP contribution in [0.1, 0.15) is 36.8 Å². The minimum absolute atomic E-state index is 0.0222. The maximum atomic E-state index is 12.5. The summed E-state index contributed by atoms with van der Waals surface area (Å²) in [5.74, 6) is -0.672. The Morgan fingerprint density at radius 3 is 2.48 bits per heavy atom. The molecule has 0 radical (unpaired) electrons. The number of hydrogen-bond acceptors (Lipinski definition) is 5. The maximum Gasteiger partial charge on any atom is 0.321 e. The molecule has 1 aromatic rings. The first-order chi connectivity index (χ1) is 13.9. The molecule has 1 aliphatic rings. The Labute approximate surface area is 172 Å². The topological polar surface area (TPSA) is 99.8 Å². The van der Waals surface area contributed by atoms with Gasteiger partial charge in [0, 0.05) is 25.4 Å². The minimum atomic E-state index is -0.478. The van der Waals surface area contributed by atoms with Crippen molar-refractivity contribution in [3.05, 3.63) is 29.3 Å². The summed E-state index contributed by atoms with van der Waals surface area (Å²) < 4.78 is 5.07. The highest BCUT2D eigenvalue weighted by Crippen LogP contribution is 2.18. The van der Waals surface area contributed by atoms with Crippen molar-refractivity contribution in [1.29, 1.82) is 0 Å². The van der Waals surface area contributed by atoms with Crippen LogP contribution < -0.4 is 16.0 Å². The Bertz CT molecular complexity index is 717. The number of amides is 4. The van der Waals surface area contributed by atoms with Gasteiger partial charge in [-0.1, -0.05) is 25.0 Å². The SMILES string of the molecule is COCCN(CC(=O)NC(=O)NC1CCCC1)CC(=O)Nc1cccc(C)c1C. The second kappa shape index (κ2) is 11.5. The fraction of sp³-hybridized carbons (Fsp3) is 0.571. The van der Waals surface area contributed by atoms with Crippen LogP contribution in [0.5, 0.6) is 0 Å².